The number of hydrogen-bond acceptors (Lipinski definition) is 1. The van der Waals surface area contributed by atoms with Gasteiger partial charge in [0.1, 0.15) is 8.96 Å². The number of unbranched alkanes of at least 4 members (excludes halogenated alkanes) is 5. The molecule has 0 aliphatic heterocycles. The maximum Gasteiger partial charge on any atom is 0.132 e. The van der Waals surface area contributed by atoms with Gasteiger partial charge < -0.3 is 4.57 Å². The van der Waals surface area contributed by atoms with Crippen LogP contribution in [0, 0.1) is 0 Å². The van der Waals surface area contributed by atoms with E-state index in [9.17, 15) is 0 Å². The van der Waals surface area contributed by atoms with E-state index in [-0.39, 0.29) is 8.96 Å². The molecule has 0 fully saturated rings. The fraction of sp³-hybridized carbons (Fsp3) is 1.00. The Bertz CT molecular complexity index is 104. The van der Waals surface area contributed by atoms with Gasteiger partial charge in [0.2, 0.25) is 0 Å². The van der Waals surface area contributed by atoms with Crippen molar-refractivity contribution >= 4 is 8.96 Å². The smallest absolute Gasteiger partial charge is 0.132 e. The van der Waals surface area contributed by atoms with Crippen molar-refractivity contribution in [2.45, 2.75) is 58.0 Å². The van der Waals surface area contributed by atoms with Gasteiger partial charge in [-0.15, -0.1) is 0 Å². The van der Waals surface area contributed by atoms with E-state index >= 15 is 0 Å². The van der Waals surface area contributed by atoms with Gasteiger partial charge in [0, 0.05) is 0 Å². The van der Waals surface area contributed by atoms with Gasteiger partial charge in [0.25, 0.3) is 0 Å². The van der Waals surface area contributed by atoms with Crippen molar-refractivity contribution in [2.24, 2.45) is 0 Å². The van der Waals surface area contributed by atoms with Crippen molar-refractivity contribution in [3.63, 3.8) is 0 Å². The molecule has 0 heterocycles. The van der Waals surface area contributed by atoms with Gasteiger partial charge in [0.15, 0.2) is 0 Å². The number of rotatable bonds is 8. The Morgan fingerprint density at radius 2 is 1.46 bits per heavy atom. The van der Waals surface area contributed by atoms with Crippen LogP contribution in [-0.4, -0.2) is 27.6 Å². The van der Waals surface area contributed by atoms with Gasteiger partial charge in [-0.3, -0.25) is 0 Å². The molecule has 0 spiro atoms. The molecule has 0 amide bonds. The summed E-state index contributed by atoms with van der Waals surface area (Å²) in [4.78, 5) is 0. The highest BCUT2D eigenvalue weighted by Gasteiger charge is 2.05. The maximum atomic E-state index is 2.41. The molecule has 0 bridgehead atoms. The Kier molecular flexibility index (Phi) is 8.88. The van der Waals surface area contributed by atoms with Crippen molar-refractivity contribution in [1.29, 1.82) is 0 Å². The molecule has 0 aromatic rings. The molecule has 0 N–H and O–H groups in total. The van der Waals surface area contributed by atoms with E-state index < -0.39 is 0 Å². The predicted octanol–water partition coefficient (Wildman–Crippen LogP) is 3.53. The lowest BCUT2D eigenvalue weighted by molar-refractivity contribution is 0.603. The molecule has 0 saturated heterocycles. The van der Waals surface area contributed by atoms with Crippen molar-refractivity contribution in [3.8, 4) is 0 Å². The summed E-state index contributed by atoms with van der Waals surface area (Å²) in [5, 5.41) is 0. The van der Waals surface area contributed by atoms with Gasteiger partial charge in [0.05, 0.1) is 0 Å². The molecule has 0 aliphatic rings. The SMILES string of the molecule is CCCCCCCC[Si](C)N(C)C. The molecule has 13 heavy (non-hydrogen) atoms. The average Bonchev–Trinajstić information content (AvgIpc) is 2.10. The summed E-state index contributed by atoms with van der Waals surface area (Å²) >= 11 is 0. The van der Waals surface area contributed by atoms with Gasteiger partial charge in [-0.2, -0.15) is 0 Å². The summed E-state index contributed by atoms with van der Waals surface area (Å²) in [7, 11) is 4.26. The lowest BCUT2D eigenvalue weighted by Gasteiger charge is -2.16. The van der Waals surface area contributed by atoms with Crippen molar-refractivity contribution < 1.29 is 0 Å². The normalized spacial score (nSPS) is 11.5. The second-order valence-electron chi connectivity index (χ2n) is 4.15. The maximum absolute atomic E-state index is 2.41. The lowest BCUT2D eigenvalue weighted by Crippen LogP contribution is -2.28. The molecule has 0 aromatic heterocycles. The van der Waals surface area contributed by atoms with Crippen LogP contribution in [-0.2, 0) is 0 Å². The van der Waals surface area contributed by atoms with E-state index in [1.54, 1.807) is 0 Å². The highest BCUT2D eigenvalue weighted by atomic mass is 28.3. The second kappa shape index (κ2) is 8.76. The first-order chi connectivity index (χ1) is 6.18. The van der Waals surface area contributed by atoms with Crippen LogP contribution in [0.3, 0.4) is 0 Å². The van der Waals surface area contributed by atoms with Crippen molar-refractivity contribution in [2.75, 3.05) is 14.1 Å². The molecule has 0 aliphatic carbocycles. The van der Waals surface area contributed by atoms with Crippen LogP contribution in [0.5, 0.6) is 0 Å². The fourth-order valence-corrected chi connectivity index (χ4v) is 2.59. The van der Waals surface area contributed by atoms with E-state index in [4.69, 9.17) is 0 Å². The highest BCUT2D eigenvalue weighted by Crippen LogP contribution is 2.09. The molecule has 1 nitrogen and oxygen atoms in total. The minimum atomic E-state index is -0.166. The van der Waals surface area contributed by atoms with Crippen LogP contribution in [0.2, 0.25) is 12.6 Å². The number of hydrogen-bond donors (Lipinski definition) is 0. The zero-order chi connectivity index (χ0) is 10.1. The summed E-state index contributed by atoms with van der Waals surface area (Å²) in [6, 6.07) is 1.46. The Labute approximate surface area is 86.2 Å². The molecule has 2 heteroatoms. The molecule has 0 rings (SSSR count). The zero-order valence-electron chi connectivity index (χ0n) is 9.90. The van der Waals surface area contributed by atoms with Gasteiger partial charge in [-0.05, 0) is 20.1 Å². The van der Waals surface area contributed by atoms with E-state index in [1.807, 2.05) is 0 Å². The molecule has 0 unspecified atom stereocenters. The molecule has 79 valence electrons. The molecule has 0 aromatic carbocycles. The lowest BCUT2D eigenvalue weighted by atomic mass is 10.1. The standard InChI is InChI=1S/C11H26NSi/c1-5-6-7-8-9-10-11-13(4)12(2)3/h5-11H2,1-4H3. The molecule has 1 radical (unpaired) electrons. The molecular weight excluding hydrogens is 174 g/mol. The minimum absolute atomic E-state index is 0.166. The van der Waals surface area contributed by atoms with E-state index in [2.05, 4.69) is 32.1 Å². The first kappa shape index (κ1) is 13.2. The largest absolute Gasteiger partial charge is 0.330 e. The number of nitrogens with zero attached hydrogens (tertiary/aromatic N) is 1. The minimum Gasteiger partial charge on any atom is -0.330 e. The van der Waals surface area contributed by atoms with E-state index in [0.717, 1.165) is 0 Å². The Morgan fingerprint density at radius 3 is 2.00 bits per heavy atom. The third-order valence-corrected chi connectivity index (χ3v) is 5.26. The molecule has 0 atom stereocenters. The molecular formula is C11H26NSi. The summed E-state index contributed by atoms with van der Waals surface area (Å²) in [5.74, 6) is 0. The Balaban J connectivity index is 3.07. The topological polar surface area (TPSA) is 3.24 Å². The highest BCUT2D eigenvalue weighted by molar-refractivity contribution is 6.54. The Morgan fingerprint density at radius 1 is 0.923 bits per heavy atom. The van der Waals surface area contributed by atoms with Crippen LogP contribution in [0.15, 0.2) is 0 Å². The first-order valence-electron chi connectivity index (χ1n) is 5.68. The average molecular weight is 200 g/mol. The zero-order valence-corrected chi connectivity index (χ0v) is 10.9. The van der Waals surface area contributed by atoms with Crippen LogP contribution >= 0.6 is 0 Å². The third-order valence-electron chi connectivity index (χ3n) is 2.66. The quantitative estimate of drug-likeness (QED) is 0.428. The fourth-order valence-electron chi connectivity index (χ4n) is 1.38. The van der Waals surface area contributed by atoms with Gasteiger partial charge >= 0.3 is 0 Å². The third kappa shape index (κ3) is 8.51. The second-order valence-corrected chi connectivity index (χ2v) is 7.01. The van der Waals surface area contributed by atoms with Crippen molar-refractivity contribution in [1.82, 2.24) is 4.57 Å². The van der Waals surface area contributed by atoms with Crippen LogP contribution in [0.4, 0.5) is 0 Å². The monoisotopic (exact) mass is 200 g/mol. The van der Waals surface area contributed by atoms with Crippen LogP contribution < -0.4 is 0 Å². The van der Waals surface area contributed by atoms with E-state index in [0.29, 0.717) is 0 Å². The van der Waals surface area contributed by atoms with Gasteiger partial charge in [-0.25, -0.2) is 0 Å². The Hall–Kier alpha value is 0.177. The van der Waals surface area contributed by atoms with Crippen molar-refractivity contribution in [3.05, 3.63) is 0 Å². The first-order valence-corrected chi connectivity index (χ1v) is 7.83. The molecule has 0 saturated carbocycles. The summed E-state index contributed by atoms with van der Waals surface area (Å²) < 4.78 is 2.41. The summed E-state index contributed by atoms with van der Waals surface area (Å²) in [6.45, 7) is 4.69. The van der Waals surface area contributed by atoms with Gasteiger partial charge in [-0.1, -0.05) is 52.0 Å². The van der Waals surface area contributed by atoms with Crippen LogP contribution in [0.25, 0.3) is 0 Å². The summed E-state index contributed by atoms with van der Waals surface area (Å²) in [5.41, 5.74) is 0. The van der Waals surface area contributed by atoms with E-state index in [1.165, 1.54) is 44.6 Å². The summed E-state index contributed by atoms with van der Waals surface area (Å²) in [6.07, 6.45) is 8.60. The predicted molar refractivity (Wildman–Crippen MR) is 63.5 cm³/mol. The van der Waals surface area contributed by atoms with Crippen LogP contribution in [0.1, 0.15) is 45.4 Å².